The number of nitriles is 1. The van der Waals surface area contributed by atoms with Crippen molar-refractivity contribution >= 4 is 0 Å². The Morgan fingerprint density at radius 3 is 2.88 bits per heavy atom. The fraction of sp³-hybridized carbons (Fsp3) is 0.929. The first-order valence-corrected chi connectivity index (χ1v) is 6.66. The molecule has 92 valence electrons. The van der Waals surface area contributed by atoms with Gasteiger partial charge in [-0.05, 0) is 38.0 Å². The van der Waals surface area contributed by atoms with Crippen LogP contribution in [0.4, 0.5) is 0 Å². The highest BCUT2D eigenvalue weighted by Crippen LogP contribution is 2.43. The second-order valence-corrected chi connectivity index (χ2v) is 5.21. The lowest BCUT2D eigenvalue weighted by atomic mass is 9.67. The number of hydrogen-bond donors (Lipinski definition) is 0. The first kappa shape index (κ1) is 13.5. The molecule has 1 rings (SSSR count). The highest BCUT2D eigenvalue weighted by molar-refractivity contribution is 5.01. The topological polar surface area (TPSA) is 33.0 Å². The molecule has 1 fully saturated rings. The Hall–Kier alpha value is -0.550. The van der Waals surface area contributed by atoms with E-state index >= 15 is 0 Å². The first-order chi connectivity index (χ1) is 7.76. The molecular formula is C14H25NO. The molecule has 2 atom stereocenters. The molecule has 2 nitrogen and oxygen atoms in total. The van der Waals surface area contributed by atoms with Gasteiger partial charge in [-0.3, -0.25) is 0 Å². The Morgan fingerprint density at radius 2 is 2.25 bits per heavy atom. The third-order valence-electron chi connectivity index (χ3n) is 4.02. The zero-order valence-electron chi connectivity index (χ0n) is 10.8. The predicted octanol–water partition coefficient (Wildman–Crippen LogP) is 3.91. The molecule has 0 aromatic rings. The maximum absolute atomic E-state index is 9.43. The van der Waals surface area contributed by atoms with Crippen molar-refractivity contribution in [1.82, 2.24) is 0 Å². The van der Waals surface area contributed by atoms with E-state index in [2.05, 4.69) is 13.0 Å². The van der Waals surface area contributed by atoms with Gasteiger partial charge in [0.25, 0.3) is 0 Å². The smallest absolute Gasteiger partial charge is 0.0689 e. The largest absolute Gasteiger partial charge is 0.385 e. The van der Waals surface area contributed by atoms with E-state index in [-0.39, 0.29) is 5.41 Å². The average Bonchev–Trinajstić information content (AvgIpc) is 2.35. The quantitative estimate of drug-likeness (QED) is 0.639. The van der Waals surface area contributed by atoms with E-state index in [1.807, 2.05) is 0 Å². The Bertz CT molecular complexity index is 233. The van der Waals surface area contributed by atoms with Gasteiger partial charge in [-0.2, -0.15) is 5.26 Å². The van der Waals surface area contributed by atoms with Crippen LogP contribution in [0.2, 0.25) is 0 Å². The van der Waals surface area contributed by atoms with Crippen molar-refractivity contribution in [1.29, 1.82) is 5.26 Å². The number of methoxy groups -OCH3 is 1. The van der Waals surface area contributed by atoms with Crippen molar-refractivity contribution in [2.24, 2.45) is 11.3 Å². The summed E-state index contributed by atoms with van der Waals surface area (Å²) in [5.41, 5.74) is -0.00727. The summed E-state index contributed by atoms with van der Waals surface area (Å²) in [6.45, 7) is 3.09. The molecule has 0 aromatic heterocycles. The van der Waals surface area contributed by atoms with Gasteiger partial charge in [0.15, 0.2) is 0 Å². The summed E-state index contributed by atoms with van der Waals surface area (Å²) in [6.07, 6.45) is 9.37. The van der Waals surface area contributed by atoms with Gasteiger partial charge in [-0.25, -0.2) is 0 Å². The van der Waals surface area contributed by atoms with Gasteiger partial charge in [0, 0.05) is 13.7 Å². The lowest BCUT2D eigenvalue weighted by Gasteiger charge is -2.35. The highest BCUT2D eigenvalue weighted by Gasteiger charge is 2.35. The van der Waals surface area contributed by atoms with Crippen LogP contribution in [0.1, 0.15) is 58.3 Å². The zero-order chi connectivity index (χ0) is 11.9. The monoisotopic (exact) mass is 223 g/mol. The molecular weight excluding hydrogens is 198 g/mol. The van der Waals surface area contributed by atoms with Crippen molar-refractivity contribution in [3.8, 4) is 6.07 Å². The Morgan fingerprint density at radius 1 is 1.44 bits per heavy atom. The van der Waals surface area contributed by atoms with E-state index in [4.69, 9.17) is 4.74 Å². The van der Waals surface area contributed by atoms with Crippen LogP contribution in [-0.4, -0.2) is 13.7 Å². The molecule has 2 heteroatoms. The van der Waals surface area contributed by atoms with Crippen LogP contribution in [0.3, 0.4) is 0 Å². The van der Waals surface area contributed by atoms with Crippen LogP contribution in [0.5, 0.6) is 0 Å². The molecule has 0 radical (unpaired) electrons. The van der Waals surface area contributed by atoms with E-state index in [1.54, 1.807) is 7.11 Å². The van der Waals surface area contributed by atoms with Crippen molar-refractivity contribution in [2.75, 3.05) is 13.7 Å². The molecule has 0 aliphatic heterocycles. The molecule has 0 amide bonds. The summed E-state index contributed by atoms with van der Waals surface area (Å²) in [5, 5.41) is 9.43. The third kappa shape index (κ3) is 3.79. The van der Waals surface area contributed by atoms with Crippen LogP contribution in [-0.2, 0) is 4.74 Å². The number of ether oxygens (including phenoxy) is 1. The number of rotatable bonds is 6. The van der Waals surface area contributed by atoms with Gasteiger partial charge in [0.1, 0.15) is 0 Å². The summed E-state index contributed by atoms with van der Waals surface area (Å²) in [4.78, 5) is 0. The normalized spacial score (nSPS) is 29.9. The maximum Gasteiger partial charge on any atom is 0.0689 e. The van der Waals surface area contributed by atoms with E-state index in [0.29, 0.717) is 0 Å². The van der Waals surface area contributed by atoms with Crippen LogP contribution in [0.25, 0.3) is 0 Å². The van der Waals surface area contributed by atoms with E-state index in [9.17, 15) is 5.26 Å². The van der Waals surface area contributed by atoms with Crippen molar-refractivity contribution in [3.05, 3.63) is 0 Å². The standard InChI is InChI=1S/C14H25NO/c1-3-13-7-6-9-14(11-13,12-15)8-4-5-10-16-2/h13H,3-11H2,1-2H3. The fourth-order valence-electron chi connectivity index (χ4n) is 2.93. The minimum absolute atomic E-state index is 0.00727. The Labute approximate surface area is 100.0 Å². The summed E-state index contributed by atoms with van der Waals surface area (Å²) < 4.78 is 5.06. The Balaban J connectivity index is 2.40. The lowest BCUT2D eigenvalue weighted by molar-refractivity contribution is 0.160. The summed E-state index contributed by atoms with van der Waals surface area (Å²) in [6, 6.07) is 2.62. The molecule has 0 N–H and O–H groups in total. The number of unbranched alkanes of at least 4 members (excludes halogenated alkanes) is 1. The van der Waals surface area contributed by atoms with Gasteiger partial charge in [-0.1, -0.05) is 26.2 Å². The zero-order valence-corrected chi connectivity index (χ0v) is 10.8. The van der Waals surface area contributed by atoms with Crippen molar-refractivity contribution < 1.29 is 4.74 Å². The number of nitrogens with zero attached hydrogens (tertiary/aromatic N) is 1. The molecule has 2 unspecified atom stereocenters. The molecule has 1 saturated carbocycles. The molecule has 16 heavy (non-hydrogen) atoms. The summed E-state index contributed by atoms with van der Waals surface area (Å²) >= 11 is 0. The van der Waals surface area contributed by atoms with Gasteiger partial charge in [-0.15, -0.1) is 0 Å². The van der Waals surface area contributed by atoms with Gasteiger partial charge in [0.2, 0.25) is 0 Å². The SMILES string of the molecule is CCC1CCCC(C#N)(CCCCOC)C1. The van der Waals surface area contributed by atoms with Gasteiger partial charge < -0.3 is 4.74 Å². The molecule has 0 heterocycles. The maximum atomic E-state index is 9.43. The van der Waals surface area contributed by atoms with Gasteiger partial charge >= 0.3 is 0 Å². The summed E-state index contributed by atoms with van der Waals surface area (Å²) in [7, 11) is 1.74. The summed E-state index contributed by atoms with van der Waals surface area (Å²) in [5.74, 6) is 0.788. The molecule has 0 saturated heterocycles. The van der Waals surface area contributed by atoms with Crippen molar-refractivity contribution in [2.45, 2.75) is 58.3 Å². The minimum atomic E-state index is -0.00727. The fourth-order valence-corrected chi connectivity index (χ4v) is 2.93. The van der Waals surface area contributed by atoms with Crippen LogP contribution >= 0.6 is 0 Å². The first-order valence-electron chi connectivity index (χ1n) is 6.66. The lowest BCUT2D eigenvalue weighted by Crippen LogP contribution is -2.27. The Kier molecular flexibility index (Phi) is 5.84. The molecule has 0 bridgehead atoms. The molecule has 1 aliphatic rings. The minimum Gasteiger partial charge on any atom is -0.385 e. The van der Waals surface area contributed by atoms with E-state index in [0.717, 1.165) is 44.6 Å². The predicted molar refractivity (Wildman–Crippen MR) is 66.0 cm³/mol. The highest BCUT2D eigenvalue weighted by atomic mass is 16.5. The van der Waals surface area contributed by atoms with Crippen LogP contribution in [0.15, 0.2) is 0 Å². The average molecular weight is 223 g/mol. The molecule has 0 spiro atoms. The molecule has 1 aliphatic carbocycles. The van der Waals surface area contributed by atoms with Crippen LogP contribution in [0, 0.1) is 22.7 Å². The molecule has 0 aromatic carbocycles. The van der Waals surface area contributed by atoms with Crippen LogP contribution < -0.4 is 0 Å². The van der Waals surface area contributed by atoms with E-state index in [1.165, 1.54) is 19.3 Å². The van der Waals surface area contributed by atoms with Gasteiger partial charge in [0.05, 0.1) is 11.5 Å². The third-order valence-corrected chi connectivity index (χ3v) is 4.02. The second-order valence-electron chi connectivity index (χ2n) is 5.21. The van der Waals surface area contributed by atoms with E-state index < -0.39 is 0 Å². The van der Waals surface area contributed by atoms with Crippen molar-refractivity contribution in [3.63, 3.8) is 0 Å². The second kappa shape index (κ2) is 6.91. The number of hydrogen-bond acceptors (Lipinski definition) is 2.